The van der Waals surface area contributed by atoms with Crippen LogP contribution in [0.15, 0.2) is 24.3 Å². The topological polar surface area (TPSA) is 74.7 Å². The summed E-state index contributed by atoms with van der Waals surface area (Å²) in [6.45, 7) is 2.30. The van der Waals surface area contributed by atoms with Gasteiger partial charge < -0.3 is 10.0 Å². The fraction of sp³-hybridized carbons (Fsp3) is 0.462. The van der Waals surface area contributed by atoms with E-state index in [1.165, 1.54) is 0 Å². The molecule has 5 nitrogen and oxygen atoms in total. The van der Waals surface area contributed by atoms with Crippen molar-refractivity contribution in [3.05, 3.63) is 29.8 Å². The molecule has 19 heavy (non-hydrogen) atoms. The van der Waals surface area contributed by atoms with Gasteiger partial charge in [0, 0.05) is 24.5 Å². The zero-order chi connectivity index (χ0) is 14.0. The standard InChI is InChI=1S/C13H17NO4S/c1-2-19(17,18)8-7-14-9-11(13(15)16)10-5-3-4-6-12(10)14/h3-6,11H,2,7-9H2,1H3,(H,15,16). The van der Waals surface area contributed by atoms with E-state index in [1.54, 1.807) is 19.1 Å². The van der Waals surface area contributed by atoms with Gasteiger partial charge in [0.2, 0.25) is 0 Å². The van der Waals surface area contributed by atoms with E-state index >= 15 is 0 Å². The van der Waals surface area contributed by atoms with Crippen molar-refractivity contribution in [2.24, 2.45) is 0 Å². The molecule has 1 aliphatic rings. The van der Waals surface area contributed by atoms with Crippen LogP contribution >= 0.6 is 0 Å². The molecule has 1 unspecified atom stereocenters. The first-order valence-electron chi connectivity index (χ1n) is 6.21. The van der Waals surface area contributed by atoms with Gasteiger partial charge in [0.05, 0.1) is 5.75 Å². The van der Waals surface area contributed by atoms with Gasteiger partial charge in [0.25, 0.3) is 0 Å². The molecule has 1 aromatic carbocycles. The van der Waals surface area contributed by atoms with Crippen LogP contribution in [-0.2, 0) is 14.6 Å². The van der Waals surface area contributed by atoms with Crippen molar-refractivity contribution in [2.45, 2.75) is 12.8 Å². The third kappa shape index (κ3) is 2.89. The van der Waals surface area contributed by atoms with Crippen LogP contribution in [0.2, 0.25) is 0 Å². The predicted octanol–water partition coefficient (Wildman–Crippen LogP) is 1.11. The van der Waals surface area contributed by atoms with Gasteiger partial charge >= 0.3 is 5.97 Å². The molecule has 2 rings (SSSR count). The number of hydrogen-bond acceptors (Lipinski definition) is 4. The average Bonchev–Trinajstić information content (AvgIpc) is 2.76. The monoisotopic (exact) mass is 283 g/mol. The van der Waals surface area contributed by atoms with Gasteiger partial charge in [-0.05, 0) is 11.6 Å². The van der Waals surface area contributed by atoms with Gasteiger partial charge in [0.1, 0.15) is 5.92 Å². The molecule has 0 radical (unpaired) electrons. The van der Waals surface area contributed by atoms with Crippen LogP contribution in [0, 0.1) is 0 Å². The van der Waals surface area contributed by atoms with Crippen LogP contribution in [0.1, 0.15) is 18.4 Å². The van der Waals surface area contributed by atoms with E-state index in [-0.39, 0.29) is 11.5 Å². The second-order valence-corrected chi connectivity index (χ2v) is 7.10. The molecule has 1 N–H and O–H groups in total. The number of carboxylic acids is 1. The lowest BCUT2D eigenvalue weighted by molar-refractivity contribution is -0.138. The van der Waals surface area contributed by atoms with E-state index in [0.717, 1.165) is 11.3 Å². The Bertz CT molecular complexity index is 582. The number of sulfone groups is 1. The van der Waals surface area contributed by atoms with E-state index < -0.39 is 21.7 Å². The molecule has 0 saturated heterocycles. The second kappa shape index (κ2) is 5.21. The molecule has 0 aliphatic carbocycles. The molecule has 0 saturated carbocycles. The maximum atomic E-state index is 11.5. The minimum Gasteiger partial charge on any atom is -0.481 e. The fourth-order valence-electron chi connectivity index (χ4n) is 2.30. The quantitative estimate of drug-likeness (QED) is 0.876. The predicted molar refractivity (Wildman–Crippen MR) is 73.4 cm³/mol. The Morgan fingerprint density at radius 3 is 2.74 bits per heavy atom. The Morgan fingerprint density at radius 2 is 2.11 bits per heavy atom. The lowest BCUT2D eigenvalue weighted by Crippen LogP contribution is -2.30. The lowest BCUT2D eigenvalue weighted by atomic mass is 10.0. The van der Waals surface area contributed by atoms with E-state index in [0.29, 0.717) is 13.1 Å². The molecule has 0 amide bonds. The van der Waals surface area contributed by atoms with Crippen molar-refractivity contribution in [1.82, 2.24) is 0 Å². The minimum atomic E-state index is -3.04. The van der Waals surface area contributed by atoms with E-state index in [9.17, 15) is 18.3 Å². The molecule has 6 heteroatoms. The van der Waals surface area contributed by atoms with Gasteiger partial charge in [-0.25, -0.2) is 8.42 Å². The van der Waals surface area contributed by atoms with E-state index in [4.69, 9.17) is 0 Å². The maximum absolute atomic E-state index is 11.5. The largest absolute Gasteiger partial charge is 0.481 e. The molecule has 104 valence electrons. The highest BCUT2D eigenvalue weighted by atomic mass is 32.2. The molecular weight excluding hydrogens is 266 g/mol. The normalized spacial score (nSPS) is 18.4. The SMILES string of the molecule is CCS(=O)(=O)CCN1CC(C(=O)O)c2ccccc21. The van der Waals surface area contributed by atoms with Crippen LogP contribution in [0.25, 0.3) is 0 Å². The summed E-state index contributed by atoms with van der Waals surface area (Å²) >= 11 is 0. The number of benzene rings is 1. The molecular formula is C13H17NO4S. The summed E-state index contributed by atoms with van der Waals surface area (Å²) in [6, 6.07) is 7.28. The number of nitrogens with zero attached hydrogens (tertiary/aromatic N) is 1. The molecule has 1 heterocycles. The van der Waals surface area contributed by atoms with Crippen molar-refractivity contribution in [3.8, 4) is 0 Å². The van der Waals surface area contributed by atoms with Gasteiger partial charge in [-0.15, -0.1) is 0 Å². The van der Waals surface area contributed by atoms with Gasteiger partial charge in [0.15, 0.2) is 9.84 Å². The van der Waals surface area contributed by atoms with E-state index in [1.807, 2.05) is 17.0 Å². The summed E-state index contributed by atoms with van der Waals surface area (Å²) in [6.07, 6.45) is 0. The van der Waals surface area contributed by atoms with Crippen LogP contribution in [-0.4, -0.2) is 44.1 Å². The molecule has 0 bridgehead atoms. The van der Waals surface area contributed by atoms with Crippen molar-refractivity contribution >= 4 is 21.5 Å². The zero-order valence-electron chi connectivity index (χ0n) is 10.7. The smallest absolute Gasteiger partial charge is 0.312 e. The van der Waals surface area contributed by atoms with Crippen LogP contribution in [0.5, 0.6) is 0 Å². The molecule has 1 aliphatic heterocycles. The molecule has 1 atom stereocenters. The Labute approximate surface area is 112 Å². The van der Waals surface area contributed by atoms with Crippen LogP contribution in [0.4, 0.5) is 5.69 Å². The number of anilines is 1. The van der Waals surface area contributed by atoms with Crippen molar-refractivity contribution in [1.29, 1.82) is 0 Å². The number of hydrogen-bond donors (Lipinski definition) is 1. The number of carboxylic acid groups (broad SMARTS) is 1. The first-order valence-corrected chi connectivity index (χ1v) is 8.04. The molecule has 0 aromatic heterocycles. The Balaban J connectivity index is 2.19. The summed E-state index contributed by atoms with van der Waals surface area (Å²) in [5.74, 6) is -1.26. The summed E-state index contributed by atoms with van der Waals surface area (Å²) in [5.41, 5.74) is 1.60. The number of para-hydroxylation sites is 1. The van der Waals surface area contributed by atoms with E-state index in [2.05, 4.69) is 0 Å². The first-order chi connectivity index (χ1) is 8.94. The molecule has 1 aromatic rings. The number of fused-ring (bicyclic) bond motifs is 1. The van der Waals surface area contributed by atoms with Crippen LogP contribution < -0.4 is 4.90 Å². The summed E-state index contributed by atoms with van der Waals surface area (Å²) in [7, 11) is -3.04. The van der Waals surface area contributed by atoms with Crippen molar-refractivity contribution in [2.75, 3.05) is 29.5 Å². The highest BCUT2D eigenvalue weighted by Crippen LogP contribution is 2.35. The maximum Gasteiger partial charge on any atom is 0.312 e. The zero-order valence-corrected chi connectivity index (χ0v) is 11.6. The fourth-order valence-corrected chi connectivity index (χ4v) is 3.09. The Kier molecular flexibility index (Phi) is 3.80. The average molecular weight is 283 g/mol. The minimum absolute atomic E-state index is 0.0597. The third-order valence-electron chi connectivity index (χ3n) is 3.47. The van der Waals surface area contributed by atoms with Crippen LogP contribution in [0.3, 0.4) is 0 Å². The third-order valence-corrected chi connectivity index (χ3v) is 5.15. The Hall–Kier alpha value is -1.56. The summed E-state index contributed by atoms with van der Waals surface area (Å²) in [5, 5.41) is 9.21. The van der Waals surface area contributed by atoms with Gasteiger partial charge in [-0.3, -0.25) is 4.79 Å². The Morgan fingerprint density at radius 1 is 1.42 bits per heavy atom. The van der Waals surface area contributed by atoms with Gasteiger partial charge in [-0.2, -0.15) is 0 Å². The van der Waals surface area contributed by atoms with Crippen molar-refractivity contribution < 1.29 is 18.3 Å². The number of aliphatic carboxylic acids is 1. The second-order valence-electron chi connectivity index (χ2n) is 4.63. The highest BCUT2D eigenvalue weighted by molar-refractivity contribution is 7.91. The first kappa shape index (κ1) is 13.9. The highest BCUT2D eigenvalue weighted by Gasteiger charge is 2.33. The van der Waals surface area contributed by atoms with Gasteiger partial charge in [-0.1, -0.05) is 25.1 Å². The van der Waals surface area contributed by atoms with Crippen molar-refractivity contribution in [3.63, 3.8) is 0 Å². The summed E-state index contributed by atoms with van der Waals surface area (Å²) < 4.78 is 23.1. The molecule has 0 spiro atoms. The lowest BCUT2D eigenvalue weighted by Gasteiger charge is -2.19. The summed E-state index contributed by atoms with van der Waals surface area (Å²) in [4.78, 5) is 13.1. The number of carbonyl (C=O) groups is 1. The number of rotatable bonds is 5. The molecule has 0 fully saturated rings.